The fraction of sp³-hybridized carbons (Fsp3) is 0.480. The van der Waals surface area contributed by atoms with Crippen LogP contribution in [0.2, 0.25) is 0 Å². The molecule has 2 aromatic rings. The number of ether oxygens (including phenoxy) is 2. The van der Waals surface area contributed by atoms with E-state index in [1.54, 1.807) is 7.11 Å². The van der Waals surface area contributed by atoms with E-state index >= 15 is 0 Å². The van der Waals surface area contributed by atoms with Crippen molar-refractivity contribution in [3.63, 3.8) is 0 Å². The van der Waals surface area contributed by atoms with E-state index in [9.17, 15) is 4.79 Å². The molecule has 30 heavy (non-hydrogen) atoms. The number of hydrogen-bond acceptors (Lipinski definition) is 4. The van der Waals surface area contributed by atoms with Crippen LogP contribution >= 0.6 is 0 Å². The zero-order chi connectivity index (χ0) is 21.7. The quantitative estimate of drug-likeness (QED) is 0.617. The Labute approximate surface area is 180 Å². The summed E-state index contributed by atoms with van der Waals surface area (Å²) in [5.74, 6) is 1.37. The number of benzene rings is 2. The predicted octanol–water partition coefficient (Wildman–Crippen LogP) is 4.70. The summed E-state index contributed by atoms with van der Waals surface area (Å²) in [6.45, 7) is 11.9. The smallest absolute Gasteiger partial charge is 0.235 e. The van der Waals surface area contributed by atoms with Crippen LogP contribution in [-0.4, -0.2) is 44.2 Å². The number of likely N-dealkylation sites (N-methyl/N-ethyl adjacent to an activating group) is 1. The standard InChI is InChI=1S/C25H34N2O3/c1-6-27(7-2)12-13-30-23-17-21(8-9-22(23)29-5)26-24(28)25(10-11-25)20-15-18(3)14-19(4)16-20/h8-9,14-17H,6-7,10-13H2,1-5H3,(H,26,28). The highest BCUT2D eigenvalue weighted by molar-refractivity contribution is 6.01. The average molecular weight is 411 g/mol. The lowest BCUT2D eigenvalue weighted by Crippen LogP contribution is -2.28. The fourth-order valence-corrected chi connectivity index (χ4v) is 3.97. The van der Waals surface area contributed by atoms with Crippen molar-refractivity contribution < 1.29 is 14.3 Å². The first kappa shape index (κ1) is 22.2. The number of methoxy groups -OCH3 is 1. The van der Waals surface area contributed by atoms with E-state index in [0.29, 0.717) is 18.1 Å². The van der Waals surface area contributed by atoms with Crippen LogP contribution in [0.4, 0.5) is 5.69 Å². The first-order valence-electron chi connectivity index (χ1n) is 10.8. The van der Waals surface area contributed by atoms with Crippen LogP contribution in [0.15, 0.2) is 36.4 Å². The maximum absolute atomic E-state index is 13.2. The van der Waals surface area contributed by atoms with Gasteiger partial charge in [-0.05, 0) is 57.5 Å². The molecule has 0 unspecified atom stereocenters. The minimum absolute atomic E-state index is 0.0479. The molecule has 0 spiro atoms. The molecule has 5 nitrogen and oxygen atoms in total. The van der Waals surface area contributed by atoms with Crippen molar-refractivity contribution in [2.75, 3.05) is 38.7 Å². The molecule has 0 aromatic heterocycles. The highest BCUT2D eigenvalue weighted by Crippen LogP contribution is 2.49. The SMILES string of the molecule is CCN(CC)CCOc1cc(NC(=O)C2(c3cc(C)cc(C)c3)CC2)ccc1OC. The number of amides is 1. The van der Waals surface area contributed by atoms with E-state index in [4.69, 9.17) is 9.47 Å². The van der Waals surface area contributed by atoms with Crippen LogP contribution in [0.5, 0.6) is 11.5 Å². The van der Waals surface area contributed by atoms with Crippen LogP contribution in [0.25, 0.3) is 0 Å². The number of hydrogen-bond donors (Lipinski definition) is 1. The summed E-state index contributed by atoms with van der Waals surface area (Å²) in [5, 5.41) is 3.11. The van der Waals surface area contributed by atoms with Gasteiger partial charge in [-0.2, -0.15) is 0 Å². The van der Waals surface area contributed by atoms with Crippen LogP contribution in [-0.2, 0) is 10.2 Å². The van der Waals surface area contributed by atoms with E-state index in [1.807, 2.05) is 18.2 Å². The number of carbonyl (C=O) groups is 1. The molecule has 0 atom stereocenters. The Hall–Kier alpha value is -2.53. The highest BCUT2D eigenvalue weighted by atomic mass is 16.5. The van der Waals surface area contributed by atoms with Crippen molar-refractivity contribution in [2.45, 2.75) is 46.0 Å². The summed E-state index contributed by atoms with van der Waals surface area (Å²) in [6, 6.07) is 12.0. The number of aryl methyl sites for hydroxylation is 2. The van der Waals surface area contributed by atoms with Gasteiger partial charge in [-0.15, -0.1) is 0 Å². The van der Waals surface area contributed by atoms with E-state index in [1.165, 1.54) is 11.1 Å². The summed E-state index contributed by atoms with van der Waals surface area (Å²) in [7, 11) is 1.63. The normalized spacial score (nSPS) is 14.5. The molecule has 5 heteroatoms. The van der Waals surface area contributed by atoms with E-state index < -0.39 is 5.41 Å². The van der Waals surface area contributed by atoms with Gasteiger partial charge in [0.2, 0.25) is 5.91 Å². The third kappa shape index (κ3) is 4.96. The fourth-order valence-electron chi connectivity index (χ4n) is 3.97. The molecule has 1 aliphatic carbocycles. The maximum atomic E-state index is 13.2. The van der Waals surface area contributed by atoms with Gasteiger partial charge in [0.05, 0.1) is 12.5 Å². The molecule has 1 N–H and O–H groups in total. The van der Waals surface area contributed by atoms with Crippen LogP contribution < -0.4 is 14.8 Å². The van der Waals surface area contributed by atoms with Crippen LogP contribution in [0, 0.1) is 13.8 Å². The molecule has 0 heterocycles. The third-order valence-corrected chi connectivity index (χ3v) is 5.94. The lowest BCUT2D eigenvalue weighted by molar-refractivity contribution is -0.118. The number of anilines is 1. The zero-order valence-corrected chi connectivity index (χ0v) is 18.9. The van der Waals surface area contributed by atoms with Gasteiger partial charge >= 0.3 is 0 Å². The Morgan fingerprint density at radius 1 is 1.03 bits per heavy atom. The van der Waals surface area contributed by atoms with Crippen LogP contribution in [0.3, 0.4) is 0 Å². The summed E-state index contributed by atoms with van der Waals surface area (Å²) in [6.07, 6.45) is 1.76. The summed E-state index contributed by atoms with van der Waals surface area (Å²) >= 11 is 0. The molecule has 2 aromatic carbocycles. The topological polar surface area (TPSA) is 50.8 Å². The Morgan fingerprint density at radius 3 is 2.27 bits per heavy atom. The van der Waals surface area contributed by atoms with Gasteiger partial charge in [0.25, 0.3) is 0 Å². The maximum Gasteiger partial charge on any atom is 0.235 e. The molecule has 1 aliphatic rings. The third-order valence-electron chi connectivity index (χ3n) is 5.94. The number of nitrogens with zero attached hydrogens (tertiary/aromatic N) is 1. The van der Waals surface area contributed by atoms with Gasteiger partial charge < -0.3 is 19.7 Å². The van der Waals surface area contributed by atoms with Gasteiger partial charge in [-0.3, -0.25) is 4.79 Å². The molecule has 0 saturated heterocycles. The Morgan fingerprint density at radius 2 is 1.70 bits per heavy atom. The van der Waals surface area contributed by atoms with Gasteiger partial charge in [-0.25, -0.2) is 0 Å². The van der Waals surface area contributed by atoms with Crippen molar-refractivity contribution in [3.8, 4) is 11.5 Å². The van der Waals surface area contributed by atoms with Crippen molar-refractivity contribution >= 4 is 11.6 Å². The predicted molar refractivity (Wildman–Crippen MR) is 122 cm³/mol. The lowest BCUT2D eigenvalue weighted by atomic mass is 9.92. The molecule has 3 rings (SSSR count). The summed E-state index contributed by atoms with van der Waals surface area (Å²) in [5.41, 5.74) is 3.81. The van der Waals surface area contributed by atoms with Gasteiger partial charge in [0, 0.05) is 18.3 Å². The first-order chi connectivity index (χ1) is 14.4. The number of rotatable bonds is 10. The second-order valence-electron chi connectivity index (χ2n) is 8.15. The highest BCUT2D eigenvalue weighted by Gasteiger charge is 2.51. The molecule has 0 aliphatic heterocycles. The van der Waals surface area contributed by atoms with E-state index in [2.05, 4.69) is 56.1 Å². The Bertz CT molecular complexity index is 866. The van der Waals surface area contributed by atoms with Crippen LogP contribution in [0.1, 0.15) is 43.4 Å². The molecular weight excluding hydrogens is 376 g/mol. The van der Waals surface area contributed by atoms with Crippen molar-refractivity contribution in [2.24, 2.45) is 0 Å². The van der Waals surface area contributed by atoms with Crippen molar-refractivity contribution in [1.82, 2.24) is 4.90 Å². The Kier molecular flexibility index (Phi) is 7.03. The Balaban J connectivity index is 1.72. The second-order valence-corrected chi connectivity index (χ2v) is 8.15. The monoisotopic (exact) mass is 410 g/mol. The number of nitrogens with one attached hydrogen (secondary N) is 1. The summed E-state index contributed by atoms with van der Waals surface area (Å²) in [4.78, 5) is 15.5. The molecule has 1 amide bonds. The van der Waals surface area contributed by atoms with Gasteiger partial charge in [0.1, 0.15) is 6.61 Å². The molecule has 1 fully saturated rings. The van der Waals surface area contributed by atoms with E-state index in [0.717, 1.165) is 43.7 Å². The lowest BCUT2D eigenvalue weighted by Gasteiger charge is -2.20. The first-order valence-corrected chi connectivity index (χ1v) is 10.8. The zero-order valence-electron chi connectivity index (χ0n) is 18.9. The summed E-state index contributed by atoms with van der Waals surface area (Å²) < 4.78 is 11.4. The van der Waals surface area contributed by atoms with Gasteiger partial charge in [0.15, 0.2) is 11.5 Å². The minimum Gasteiger partial charge on any atom is -0.493 e. The second kappa shape index (κ2) is 9.52. The van der Waals surface area contributed by atoms with E-state index in [-0.39, 0.29) is 5.91 Å². The average Bonchev–Trinajstić information content (AvgIpc) is 3.53. The number of carbonyl (C=O) groups excluding carboxylic acids is 1. The minimum atomic E-state index is -0.416. The molecular formula is C25H34N2O3. The van der Waals surface area contributed by atoms with Crippen molar-refractivity contribution in [3.05, 3.63) is 53.1 Å². The largest absolute Gasteiger partial charge is 0.493 e. The van der Waals surface area contributed by atoms with Gasteiger partial charge in [-0.1, -0.05) is 43.2 Å². The molecule has 0 radical (unpaired) electrons. The van der Waals surface area contributed by atoms with Crippen molar-refractivity contribution in [1.29, 1.82) is 0 Å². The molecule has 0 bridgehead atoms. The molecule has 1 saturated carbocycles. The molecule has 162 valence electrons.